The number of rotatable bonds is 4. The highest BCUT2D eigenvalue weighted by molar-refractivity contribution is 5.84. The molecule has 0 spiro atoms. The van der Waals surface area contributed by atoms with Crippen molar-refractivity contribution in [3.05, 3.63) is 48.0 Å². The van der Waals surface area contributed by atoms with Crippen molar-refractivity contribution in [3.63, 3.8) is 0 Å². The van der Waals surface area contributed by atoms with Gasteiger partial charge >= 0.3 is 0 Å². The maximum absolute atomic E-state index is 8.58. The molecule has 3 aromatic rings. The van der Waals surface area contributed by atoms with Crippen LogP contribution < -0.4 is 5.73 Å². The number of benzene rings is 1. The van der Waals surface area contributed by atoms with Crippen molar-refractivity contribution in [2.45, 2.75) is 33.1 Å². The molecule has 23 heavy (non-hydrogen) atoms. The number of carbonyl (C=O) groups is 1. The molecule has 0 aliphatic rings. The number of hydrogen-bond donors (Lipinski definition) is 2. The molecule has 0 saturated heterocycles. The van der Waals surface area contributed by atoms with Crippen molar-refractivity contribution in [3.8, 4) is 11.1 Å². The van der Waals surface area contributed by atoms with Gasteiger partial charge in [0.2, 0.25) is 6.41 Å². The Hall–Kier alpha value is -2.69. The molecule has 1 aromatic carbocycles. The molecule has 0 bridgehead atoms. The Morgan fingerprint density at radius 3 is 2.74 bits per heavy atom. The zero-order chi connectivity index (χ0) is 16.7. The number of imidazole rings is 1. The number of unbranched alkanes of at least 4 members (excludes halogenated alkanes) is 1. The van der Waals surface area contributed by atoms with E-state index < -0.39 is 0 Å². The number of carbonyl (C=O) groups excluding carboxylic acids is 1. The second-order valence-electron chi connectivity index (χ2n) is 5.35. The molecule has 5 nitrogen and oxygen atoms in total. The van der Waals surface area contributed by atoms with Gasteiger partial charge in [-0.2, -0.15) is 0 Å². The fourth-order valence-electron chi connectivity index (χ4n) is 2.50. The second kappa shape index (κ2) is 8.08. The Morgan fingerprint density at radius 2 is 2.09 bits per heavy atom. The van der Waals surface area contributed by atoms with Gasteiger partial charge < -0.3 is 10.7 Å². The van der Waals surface area contributed by atoms with Crippen LogP contribution in [0.15, 0.2) is 36.7 Å². The zero-order valence-electron chi connectivity index (χ0n) is 13.5. The predicted octanol–water partition coefficient (Wildman–Crippen LogP) is 3.38. The van der Waals surface area contributed by atoms with Crippen LogP contribution in [0.25, 0.3) is 22.2 Å². The highest BCUT2D eigenvalue weighted by atomic mass is 16.1. The number of fused-ring (bicyclic) bond motifs is 1. The lowest BCUT2D eigenvalue weighted by Gasteiger charge is -2.03. The summed E-state index contributed by atoms with van der Waals surface area (Å²) >= 11 is 0. The number of H-pyrrole nitrogens is 1. The van der Waals surface area contributed by atoms with Gasteiger partial charge in [-0.15, -0.1) is 0 Å². The van der Waals surface area contributed by atoms with Gasteiger partial charge in [0.05, 0.1) is 11.0 Å². The molecule has 0 unspecified atom stereocenters. The van der Waals surface area contributed by atoms with Gasteiger partial charge in [0.15, 0.2) is 0 Å². The average Bonchev–Trinajstić information content (AvgIpc) is 2.98. The summed E-state index contributed by atoms with van der Waals surface area (Å²) in [6.07, 6.45) is 7.33. The first-order chi connectivity index (χ1) is 11.2. The molecule has 120 valence electrons. The average molecular weight is 310 g/mol. The standard InChI is InChI=1S/C17H19N3.CH3NO/c1-3-4-7-16-19-15-10-14(9-12(2)17(15)20-16)13-6-5-8-18-11-13;2-1-3/h5-6,8-11H,3-4,7H2,1-2H3,(H,19,20);1H,(H2,2,3). The third kappa shape index (κ3) is 4.16. The fourth-order valence-corrected chi connectivity index (χ4v) is 2.50. The molecule has 0 fully saturated rings. The minimum absolute atomic E-state index is 0.250. The van der Waals surface area contributed by atoms with Crippen LogP contribution in [-0.2, 0) is 11.2 Å². The number of nitrogens with one attached hydrogen (secondary N) is 1. The molecule has 2 aromatic heterocycles. The van der Waals surface area contributed by atoms with E-state index in [1.165, 1.54) is 24.0 Å². The van der Waals surface area contributed by atoms with E-state index in [2.05, 4.69) is 47.7 Å². The van der Waals surface area contributed by atoms with Crippen molar-refractivity contribution in [1.82, 2.24) is 15.0 Å². The van der Waals surface area contributed by atoms with E-state index in [9.17, 15) is 0 Å². The Morgan fingerprint density at radius 1 is 1.30 bits per heavy atom. The Kier molecular flexibility index (Phi) is 5.86. The molecular formula is C18H22N4O. The molecule has 5 heteroatoms. The topological polar surface area (TPSA) is 84.7 Å². The summed E-state index contributed by atoms with van der Waals surface area (Å²) < 4.78 is 0. The third-order valence-corrected chi connectivity index (χ3v) is 3.59. The van der Waals surface area contributed by atoms with Gasteiger partial charge in [-0.25, -0.2) is 4.98 Å². The Balaban J connectivity index is 0.000000595. The number of hydrogen-bond acceptors (Lipinski definition) is 3. The van der Waals surface area contributed by atoms with Crippen LogP contribution in [0.5, 0.6) is 0 Å². The van der Waals surface area contributed by atoms with Gasteiger partial charge in [0.25, 0.3) is 0 Å². The molecule has 0 atom stereocenters. The second-order valence-corrected chi connectivity index (χ2v) is 5.35. The summed E-state index contributed by atoms with van der Waals surface area (Å²) in [7, 11) is 0. The van der Waals surface area contributed by atoms with Gasteiger partial charge in [0.1, 0.15) is 5.82 Å². The third-order valence-electron chi connectivity index (χ3n) is 3.59. The lowest BCUT2D eigenvalue weighted by molar-refractivity contribution is -0.106. The largest absolute Gasteiger partial charge is 0.372 e. The van der Waals surface area contributed by atoms with E-state index >= 15 is 0 Å². The lowest BCUT2D eigenvalue weighted by atomic mass is 10.0. The zero-order valence-corrected chi connectivity index (χ0v) is 13.5. The summed E-state index contributed by atoms with van der Waals surface area (Å²) in [5.74, 6) is 1.09. The van der Waals surface area contributed by atoms with Crippen LogP contribution in [0.1, 0.15) is 31.2 Å². The van der Waals surface area contributed by atoms with Crippen molar-refractivity contribution in [1.29, 1.82) is 0 Å². The van der Waals surface area contributed by atoms with Crippen molar-refractivity contribution in [2.24, 2.45) is 5.73 Å². The minimum Gasteiger partial charge on any atom is -0.372 e. The van der Waals surface area contributed by atoms with E-state index in [-0.39, 0.29) is 6.41 Å². The summed E-state index contributed by atoms with van der Waals surface area (Å²) in [6.45, 7) is 4.32. The number of amides is 1. The number of primary amides is 1. The van der Waals surface area contributed by atoms with E-state index in [1.807, 2.05) is 12.3 Å². The van der Waals surface area contributed by atoms with Gasteiger partial charge in [-0.1, -0.05) is 19.4 Å². The number of nitrogens with zero attached hydrogens (tertiary/aromatic N) is 2. The maximum Gasteiger partial charge on any atom is 0.204 e. The molecule has 0 aliphatic carbocycles. The van der Waals surface area contributed by atoms with Crippen LogP contribution in [0.4, 0.5) is 0 Å². The van der Waals surface area contributed by atoms with Crippen LogP contribution >= 0.6 is 0 Å². The Labute approximate surface area is 136 Å². The van der Waals surface area contributed by atoms with E-state index in [4.69, 9.17) is 9.78 Å². The number of pyridine rings is 1. The normalized spacial score (nSPS) is 10.2. The van der Waals surface area contributed by atoms with E-state index in [1.54, 1.807) is 6.20 Å². The molecule has 0 radical (unpaired) electrons. The van der Waals surface area contributed by atoms with E-state index in [0.29, 0.717) is 0 Å². The highest BCUT2D eigenvalue weighted by Gasteiger charge is 2.08. The molecule has 1 amide bonds. The number of aromatic nitrogens is 3. The van der Waals surface area contributed by atoms with Crippen LogP contribution in [0.3, 0.4) is 0 Å². The monoisotopic (exact) mass is 310 g/mol. The number of aryl methyl sites for hydroxylation is 2. The quantitative estimate of drug-likeness (QED) is 0.724. The maximum atomic E-state index is 8.58. The summed E-state index contributed by atoms with van der Waals surface area (Å²) in [4.78, 5) is 20.9. The summed E-state index contributed by atoms with van der Waals surface area (Å²) in [5.41, 5.74) is 9.91. The molecule has 0 saturated carbocycles. The molecule has 3 rings (SSSR count). The SMILES string of the molecule is CCCCc1nc2c(C)cc(-c3cccnc3)cc2[nH]1.NC=O. The first-order valence-corrected chi connectivity index (χ1v) is 7.74. The highest BCUT2D eigenvalue weighted by Crippen LogP contribution is 2.26. The van der Waals surface area contributed by atoms with Crippen LogP contribution in [0, 0.1) is 6.92 Å². The number of aromatic amines is 1. The fraction of sp³-hybridized carbons (Fsp3) is 0.278. The molecule has 2 heterocycles. The van der Waals surface area contributed by atoms with Gasteiger partial charge in [-0.05, 0) is 42.7 Å². The molecular weight excluding hydrogens is 288 g/mol. The summed E-state index contributed by atoms with van der Waals surface area (Å²) in [5, 5.41) is 0. The van der Waals surface area contributed by atoms with Crippen LogP contribution in [-0.4, -0.2) is 21.4 Å². The molecule has 3 N–H and O–H groups in total. The number of nitrogens with two attached hydrogens (primary N) is 1. The lowest BCUT2D eigenvalue weighted by Crippen LogP contribution is -1.86. The molecule has 0 aliphatic heterocycles. The van der Waals surface area contributed by atoms with Gasteiger partial charge in [0, 0.05) is 24.4 Å². The minimum atomic E-state index is 0.250. The summed E-state index contributed by atoms with van der Waals surface area (Å²) in [6, 6.07) is 8.40. The van der Waals surface area contributed by atoms with Crippen molar-refractivity contribution < 1.29 is 4.79 Å². The van der Waals surface area contributed by atoms with E-state index in [0.717, 1.165) is 28.8 Å². The first kappa shape index (κ1) is 16.7. The predicted molar refractivity (Wildman–Crippen MR) is 92.9 cm³/mol. The van der Waals surface area contributed by atoms with Crippen molar-refractivity contribution >= 4 is 17.4 Å². The van der Waals surface area contributed by atoms with Crippen LogP contribution in [0.2, 0.25) is 0 Å². The van der Waals surface area contributed by atoms with Gasteiger partial charge in [-0.3, -0.25) is 9.78 Å². The first-order valence-electron chi connectivity index (χ1n) is 7.74. The Bertz CT molecular complexity index is 765. The smallest absolute Gasteiger partial charge is 0.204 e. The van der Waals surface area contributed by atoms with Crippen molar-refractivity contribution in [2.75, 3.05) is 0 Å².